The second-order valence-electron chi connectivity index (χ2n) is 8.03. The predicted octanol–water partition coefficient (Wildman–Crippen LogP) is 3.19. The Morgan fingerprint density at radius 2 is 1.70 bits per heavy atom. The summed E-state index contributed by atoms with van der Waals surface area (Å²) in [6.45, 7) is -0.761. The summed E-state index contributed by atoms with van der Waals surface area (Å²) < 4.78 is 27.9. The van der Waals surface area contributed by atoms with Crippen LogP contribution in [0.15, 0.2) is 54.7 Å². The number of aliphatic carboxylic acids is 1. The van der Waals surface area contributed by atoms with E-state index < -0.39 is 36.0 Å². The molecule has 2 aromatic heterocycles. The summed E-state index contributed by atoms with van der Waals surface area (Å²) in [4.78, 5) is 40.9. The zero-order valence-corrected chi connectivity index (χ0v) is 19.9. The lowest BCUT2D eigenvalue weighted by Gasteiger charge is -2.10. The number of carboxylic acids is 1. The van der Waals surface area contributed by atoms with E-state index in [9.17, 15) is 23.2 Å². The Hall–Kier alpha value is -4.38. The second-order valence-corrected chi connectivity index (χ2v) is 8.44. The van der Waals surface area contributed by atoms with Gasteiger partial charge < -0.3 is 15.7 Å². The molecule has 0 atom stereocenters. The number of hydrogen-bond donors (Lipinski definition) is 3. The smallest absolute Gasteiger partial charge is 0.322 e. The van der Waals surface area contributed by atoms with Crippen LogP contribution in [0.5, 0.6) is 0 Å². The molecule has 0 aliphatic carbocycles. The number of rotatable bonds is 9. The molecule has 0 unspecified atom stereocenters. The minimum Gasteiger partial charge on any atom is -0.480 e. The number of benzene rings is 2. The highest BCUT2D eigenvalue weighted by molar-refractivity contribution is 6.31. The average molecular weight is 528 g/mol. The molecule has 2 amide bonds. The topological polar surface area (TPSA) is 126 Å². The van der Waals surface area contributed by atoms with E-state index in [0.29, 0.717) is 29.0 Å². The number of halogens is 3. The summed E-state index contributed by atoms with van der Waals surface area (Å²) in [5.41, 5.74) is 1.82. The number of carboxylic acid groups (broad SMARTS) is 1. The summed E-state index contributed by atoms with van der Waals surface area (Å²) in [6, 6.07) is 11.7. The van der Waals surface area contributed by atoms with Gasteiger partial charge in [-0.2, -0.15) is 5.10 Å². The van der Waals surface area contributed by atoms with E-state index in [2.05, 4.69) is 20.7 Å². The Kier molecular flexibility index (Phi) is 7.73. The van der Waals surface area contributed by atoms with Crippen molar-refractivity contribution in [1.29, 1.82) is 0 Å². The SMILES string of the molecule is O=C(O)CNC(=O)c1cc(C(=O)NCc2ccc(F)c(F)c2)nc2c(CCc3ccccc3Cl)cnn12. The number of aromatic nitrogens is 3. The summed E-state index contributed by atoms with van der Waals surface area (Å²) in [6.07, 6.45) is 2.49. The van der Waals surface area contributed by atoms with E-state index in [1.807, 2.05) is 18.2 Å². The van der Waals surface area contributed by atoms with E-state index in [-0.39, 0.29) is 23.6 Å². The maximum Gasteiger partial charge on any atom is 0.322 e. The van der Waals surface area contributed by atoms with Gasteiger partial charge in [-0.05, 0) is 42.2 Å². The molecular weight excluding hydrogens is 508 g/mol. The van der Waals surface area contributed by atoms with Gasteiger partial charge in [-0.3, -0.25) is 14.4 Å². The van der Waals surface area contributed by atoms with E-state index in [1.165, 1.54) is 22.8 Å². The Balaban J connectivity index is 1.64. The third-order valence-corrected chi connectivity index (χ3v) is 5.84. The monoisotopic (exact) mass is 527 g/mol. The van der Waals surface area contributed by atoms with E-state index in [1.54, 1.807) is 6.07 Å². The number of carbonyl (C=O) groups excluding carboxylic acids is 2. The fourth-order valence-corrected chi connectivity index (χ4v) is 3.83. The molecule has 37 heavy (non-hydrogen) atoms. The van der Waals surface area contributed by atoms with Gasteiger partial charge in [-0.25, -0.2) is 18.3 Å². The Labute approximate surface area is 214 Å². The van der Waals surface area contributed by atoms with Crippen molar-refractivity contribution in [3.8, 4) is 0 Å². The van der Waals surface area contributed by atoms with Gasteiger partial charge in [0.05, 0.1) is 6.20 Å². The van der Waals surface area contributed by atoms with Crippen LogP contribution in [0.25, 0.3) is 5.65 Å². The van der Waals surface area contributed by atoms with Gasteiger partial charge in [0.25, 0.3) is 11.8 Å². The fraction of sp³-hybridized carbons (Fsp3) is 0.160. The Morgan fingerprint density at radius 1 is 0.946 bits per heavy atom. The van der Waals surface area contributed by atoms with Crippen LogP contribution in [0.4, 0.5) is 8.78 Å². The Bertz CT molecular complexity index is 1510. The molecule has 190 valence electrons. The summed E-state index contributed by atoms with van der Waals surface area (Å²) >= 11 is 6.25. The third-order valence-electron chi connectivity index (χ3n) is 5.47. The lowest BCUT2D eigenvalue weighted by Crippen LogP contribution is -2.32. The second kappa shape index (κ2) is 11.1. The zero-order valence-electron chi connectivity index (χ0n) is 19.2. The highest BCUT2D eigenvalue weighted by Crippen LogP contribution is 2.20. The predicted molar refractivity (Wildman–Crippen MR) is 129 cm³/mol. The molecule has 0 radical (unpaired) electrons. The van der Waals surface area contributed by atoms with Crippen LogP contribution in [0, 0.1) is 11.6 Å². The first-order valence-electron chi connectivity index (χ1n) is 11.1. The normalized spacial score (nSPS) is 10.9. The van der Waals surface area contributed by atoms with Gasteiger partial charge in [0.1, 0.15) is 17.9 Å². The maximum absolute atomic E-state index is 13.5. The number of aryl methyl sites for hydroxylation is 2. The lowest BCUT2D eigenvalue weighted by atomic mass is 10.1. The molecule has 0 aliphatic rings. The first-order chi connectivity index (χ1) is 17.7. The quantitative estimate of drug-likeness (QED) is 0.307. The molecule has 9 nitrogen and oxygen atoms in total. The molecule has 0 fully saturated rings. The van der Waals surface area contributed by atoms with E-state index >= 15 is 0 Å². The van der Waals surface area contributed by atoms with E-state index in [4.69, 9.17) is 16.7 Å². The standard InChI is InChI=1S/C25H20ClF2N5O4/c26-17-4-2-1-3-15(17)6-7-16-12-31-33-21(25(37)30-13-22(34)35)10-20(32-23(16)33)24(36)29-11-14-5-8-18(27)19(28)9-14/h1-5,8-10,12H,6-7,11,13H2,(H,29,36)(H,30,37)(H,34,35). The van der Waals surface area contributed by atoms with Crippen LogP contribution >= 0.6 is 11.6 Å². The van der Waals surface area contributed by atoms with Gasteiger partial charge >= 0.3 is 5.97 Å². The third kappa shape index (κ3) is 6.07. The van der Waals surface area contributed by atoms with Crippen LogP contribution in [-0.2, 0) is 24.2 Å². The van der Waals surface area contributed by atoms with Crippen molar-refractivity contribution in [3.63, 3.8) is 0 Å². The van der Waals surface area contributed by atoms with Gasteiger partial charge in [0.15, 0.2) is 17.3 Å². The van der Waals surface area contributed by atoms with Crippen molar-refractivity contribution >= 4 is 35.0 Å². The number of nitrogens with one attached hydrogen (secondary N) is 2. The van der Waals surface area contributed by atoms with Crippen LogP contribution in [0.3, 0.4) is 0 Å². The molecule has 0 spiro atoms. The molecule has 0 aliphatic heterocycles. The van der Waals surface area contributed by atoms with Gasteiger partial charge in [-0.15, -0.1) is 0 Å². The van der Waals surface area contributed by atoms with Crippen LogP contribution < -0.4 is 10.6 Å². The molecule has 4 aromatic rings. The lowest BCUT2D eigenvalue weighted by molar-refractivity contribution is -0.135. The van der Waals surface area contributed by atoms with Crippen LogP contribution in [-0.4, -0.2) is 44.0 Å². The van der Waals surface area contributed by atoms with Crippen molar-refractivity contribution in [2.45, 2.75) is 19.4 Å². The molecular formula is C25H20ClF2N5O4. The van der Waals surface area contributed by atoms with Crippen molar-refractivity contribution in [2.24, 2.45) is 0 Å². The molecule has 2 aromatic carbocycles. The van der Waals surface area contributed by atoms with Crippen LogP contribution in [0.2, 0.25) is 5.02 Å². The van der Waals surface area contributed by atoms with E-state index in [0.717, 1.165) is 17.7 Å². The fourth-order valence-electron chi connectivity index (χ4n) is 3.60. The minimum atomic E-state index is -1.25. The van der Waals surface area contributed by atoms with Crippen LogP contribution in [0.1, 0.15) is 37.7 Å². The molecule has 0 saturated carbocycles. The minimum absolute atomic E-state index is 0.103. The largest absolute Gasteiger partial charge is 0.480 e. The number of carbonyl (C=O) groups is 3. The molecule has 2 heterocycles. The maximum atomic E-state index is 13.5. The number of hydrogen-bond acceptors (Lipinski definition) is 5. The van der Waals surface area contributed by atoms with Crippen molar-refractivity contribution in [1.82, 2.24) is 25.2 Å². The summed E-state index contributed by atoms with van der Waals surface area (Å²) in [7, 11) is 0. The van der Waals surface area contributed by atoms with Gasteiger partial charge in [-0.1, -0.05) is 35.9 Å². The molecule has 4 rings (SSSR count). The molecule has 0 bridgehead atoms. The molecule has 3 N–H and O–H groups in total. The summed E-state index contributed by atoms with van der Waals surface area (Å²) in [5.74, 6) is -4.76. The molecule has 12 heteroatoms. The van der Waals surface area contributed by atoms with Crippen molar-refractivity contribution in [2.75, 3.05) is 6.54 Å². The van der Waals surface area contributed by atoms with Crippen molar-refractivity contribution < 1.29 is 28.3 Å². The Morgan fingerprint density at radius 3 is 2.43 bits per heavy atom. The highest BCUT2D eigenvalue weighted by atomic mass is 35.5. The van der Waals surface area contributed by atoms with Crippen molar-refractivity contribution in [3.05, 3.63) is 99.5 Å². The van der Waals surface area contributed by atoms with Gasteiger partial charge in [0, 0.05) is 23.2 Å². The highest BCUT2D eigenvalue weighted by Gasteiger charge is 2.20. The molecule has 0 saturated heterocycles. The van der Waals surface area contributed by atoms with Gasteiger partial charge in [0.2, 0.25) is 0 Å². The number of fused-ring (bicyclic) bond motifs is 1. The number of nitrogens with zero attached hydrogens (tertiary/aromatic N) is 3. The average Bonchev–Trinajstić information content (AvgIpc) is 3.29. The first kappa shape index (κ1) is 25.7. The first-order valence-corrected chi connectivity index (χ1v) is 11.4. The summed E-state index contributed by atoms with van der Waals surface area (Å²) in [5, 5.41) is 18.5. The number of amides is 2. The zero-order chi connectivity index (χ0) is 26.5.